The first-order chi connectivity index (χ1) is 8.88. The third kappa shape index (κ3) is 3.21. The van der Waals surface area contributed by atoms with E-state index < -0.39 is 22.0 Å². The minimum Gasteiger partial charge on any atom is -0.431 e. The fraction of sp³-hybridized carbons (Fsp3) is 0.308. The number of aryl methyl sites for hydroxylation is 1. The molecule has 1 fully saturated rings. The van der Waals surface area contributed by atoms with Gasteiger partial charge in [0.15, 0.2) is 0 Å². The molecule has 1 heterocycles. The highest BCUT2D eigenvalue weighted by Crippen LogP contribution is 2.19. The zero-order chi connectivity index (χ0) is 14.0. The summed E-state index contributed by atoms with van der Waals surface area (Å²) in [6.45, 7) is 5.41. The van der Waals surface area contributed by atoms with Gasteiger partial charge in [-0.2, -0.15) is 4.72 Å². The van der Waals surface area contributed by atoms with Crippen LogP contribution in [0, 0.1) is 6.92 Å². The number of carbonyl (C=O) groups is 1. The second kappa shape index (κ2) is 5.14. The fourth-order valence-electron chi connectivity index (χ4n) is 1.77. The molecule has 1 aliphatic rings. The van der Waals surface area contributed by atoms with Crippen LogP contribution >= 0.6 is 0 Å². The van der Waals surface area contributed by atoms with Crippen LogP contribution in [0.5, 0.6) is 0 Å². The molecule has 0 unspecified atom stereocenters. The Morgan fingerprint density at radius 2 is 1.95 bits per heavy atom. The molecule has 0 aromatic heterocycles. The highest BCUT2D eigenvalue weighted by Gasteiger charge is 2.30. The van der Waals surface area contributed by atoms with E-state index in [0.717, 1.165) is 5.56 Å². The van der Waals surface area contributed by atoms with Gasteiger partial charge in [-0.05, 0) is 25.5 Å². The maximum absolute atomic E-state index is 12.1. The minimum atomic E-state index is -3.71. The van der Waals surface area contributed by atoms with E-state index >= 15 is 0 Å². The maximum atomic E-state index is 12.1. The summed E-state index contributed by atoms with van der Waals surface area (Å²) < 4.78 is 31.4. The predicted molar refractivity (Wildman–Crippen MR) is 69.8 cm³/mol. The van der Waals surface area contributed by atoms with E-state index in [-0.39, 0.29) is 4.90 Å². The largest absolute Gasteiger partial charge is 0.431 e. The van der Waals surface area contributed by atoms with E-state index in [1.807, 2.05) is 6.92 Å². The van der Waals surface area contributed by atoms with Crippen LogP contribution in [0.15, 0.2) is 41.5 Å². The lowest BCUT2D eigenvalue weighted by Crippen LogP contribution is -2.43. The zero-order valence-corrected chi connectivity index (χ0v) is 11.4. The van der Waals surface area contributed by atoms with Crippen molar-refractivity contribution in [1.29, 1.82) is 0 Å². The van der Waals surface area contributed by atoms with Crippen molar-refractivity contribution in [2.45, 2.75) is 30.7 Å². The van der Waals surface area contributed by atoms with Crippen LogP contribution in [0.1, 0.15) is 18.4 Å². The molecule has 0 saturated carbocycles. The maximum Gasteiger partial charge on any atom is 0.329 e. The average molecular weight is 281 g/mol. The first-order valence-electron chi connectivity index (χ1n) is 5.87. The number of benzene rings is 1. The van der Waals surface area contributed by atoms with Crippen molar-refractivity contribution in [1.82, 2.24) is 4.72 Å². The number of sulfonamides is 1. The third-order valence-corrected chi connectivity index (χ3v) is 4.36. The monoisotopic (exact) mass is 281 g/mol. The van der Waals surface area contributed by atoms with E-state index in [2.05, 4.69) is 11.3 Å². The number of carbonyl (C=O) groups excluding carboxylic acids is 1. The molecular weight excluding hydrogens is 266 g/mol. The summed E-state index contributed by atoms with van der Waals surface area (Å²) >= 11 is 0. The normalized spacial score (nSPS) is 20.2. The number of hydrogen-bond acceptors (Lipinski definition) is 4. The summed E-state index contributed by atoms with van der Waals surface area (Å²) in [5, 5.41) is 0. The lowest BCUT2D eigenvalue weighted by molar-refractivity contribution is -0.144. The molecule has 0 spiro atoms. The molecule has 1 aromatic carbocycles. The molecular formula is C13H15NO4S. The average Bonchev–Trinajstić information content (AvgIpc) is 2.33. The van der Waals surface area contributed by atoms with Crippen molar-refractivity contribution in [3.05, 3.63) is 42.2 Å². The van der Waals surface area contributed by atoms with Crippen LogP contribution in [-0.2, 0) is 19.6 Å². The highest BCUT2D eigenvalue weighted by atomic mass is 32.2. The van der Waals surface area contributed by atoms with Crippen molar-refractivity contribution < 1.29 is 17.9 Å². The summed E-state index contributed by atoms with van der Waals surface area (Å²) in [4.78, 5) is 11.7. The van der Waals surface area contributed by atoms with Gasteiger partial charge in [-0.25, -0.2) is 13.2 Å². The smallest absolute Gasteiger partial charge is 0.329 e. The molecule has 0 amide bonds. The molecule has 102 valence electrons. The minimum absolute atomic E-state index is 0.135. The lowest BCUT2D eigenvalue weighted by atomic mass is 10.1. The second-order valence-corrected chi connectivity index (χ2v) is 6.20. The first-order valence-corrected chi connectivity index (χ1v) is 7.35. The molecule has 1 atom stereocenters. The number of allylic oxidation sites excluding steroid dienone is 1. The fourth-order valence-corrected chi connectivity index (χ4v) is 2.99. The van der Waals surface area contributed by atoms with E-state index in [9.17, 15) is 13.2 Å². The summed E-state index contributed by atoms with van der Waals surface area (Å²) in [5.41, 5.74) is 0.965. The number of cyclic esters (lactones) is 1. The van der Waals surface area contributed by atoms with Gasteiger partial charge in [-0.1, -0.05) is 24.3 Å². The van der Waals surface area contributed by atoms with Gasteiger partial charge in [0.05, 0.1) is 4.90 Å². The van der Waals surface area contributed by atoms with Gasteiger partial charge in [0.1, 0.15) is 11.8 Å². The van der Waals surface area contributed by atoms with E-state index in [1.165, 1.54) is 12.1 Å². The third-order valence-electron chi connectivity index (χ3n) is 2.87. The Morgan fingerprint density at radius 3 is 2.53 bits per heavy atom. The summed E-state index contributed by atoms with van der Waals surface area (Å²) in [6.07, 6.45) is 0.829. The molecule has 2 rings (SSSR count). The number of ether oxygens (including phenoxy) is 1. The SMILES string of the molecule is C=C1CC[C@@H](NS(=O)(=O)c2ccc(C)cc2)C(=O)O1. The number of rotatable bonds is 3. The van der Waals surface area contributed by atoms with Crippen LogP contribution in [0.4, 0.5) is 0 Å². The van der Waals surface area contributed by atoms with Crippen molar-refractivity contribution in [3.63, 3.8) is 0 Å². The van der Waals surface area contributed by atoms with Gasteiger partial charge in [-0.15, -0.1) is 0 Å². The summed E-state index contributed by atoms with van der Waals surface area (Å²) in [6, 6.07) is 5.57. The Labute approximate surface area is 112 Å². The van der Waals surface area contributed by atoms with Crippen LogP contribution < -0.4 is 4.72 Å². The van der Waals surface area contributed by atoms with Gasteiger partial charge < -0.3 is 4.74 Å². The van der Waals surface area contributed by atoms with Crippen LogP contribution in [0.25, 0.3) is 0 Å². The van der Waals surface area contributed by atoms with E-state index in [4.69, 9.17) is 4.74 Å². The molecule has 0 bridgehead atoms. The molecule has 0 aliphatic carbocycles. The van der Waals surface area contributed by atoms with Crippen LogP contribution in [0.3, 0.4) is 0 Å². The molecule has 0 radical (unpaired) electrons. The molecule has 19 heavy (non-hydrogen) atoms. The molecule has 5 nitrogen and oxygen atoms in total. The molecule has 1 aromatic rings. The Balaban J connectivity index is 2.15. The number of nitrogens with one attached hydrogen (secondary N) is 1. The molecule has 6 heteroatoms. The quantitative estimate of drug-likeness (QED) is 0.852. The van der Waals surface area contributed by atoms with Gasteiger partial charge in [0.2, 0.25) is 10.0 Å². The lowest BCUT2D eigenvalue weighted by Gasteiger charge is -2.22. The number of esters is 1. The Hall–Kier alpha value is -1.66. The molecule has 1 saturated heterocycles. The zero-order valence-electron chi connectivity index (χ0n) is 10.5. The first kappa shape index (κ1) is 13.8. The summed E-state index contributed by atoms with van der Waals surface area (Å²) in [7, 11) is -3.71. The van der Waals surface area contributed by atoms with Gasteiger partial charge in [0, 0.05) is 6.42 Å². The Bertz CT molecular complexity index is 604. The highest BCUT2D eigenvalue weighted by molar-refractivity contribution is 7.89. The van der Waals surface area contributed by atoms with Crippen molar-refractivity contribution >= 4 is 16.0 Å². The summed E-state index contributed by atoms with van der Waals surface area (Å²) in [5.74, 6) is -0.234. The molecule has 1 aliphatic heterocycles. The predicted octanol–water partition coefficient (Wildman–Crippen LogP) is 1.49. The van der Waals surface area contributed by atoms with Gasteiger partial charge in [-0.3, -0.25) is 0 Å². The standard InChI is InChI=1S/C13H15NO4S/c1-9-3-6-11(7-4-9)19(16,17)14-12-8-5-10(2)18-13(12)15/h3-4,6-7,12,14H,2,5,8H2,1H3/t12-/m1/s1. The number of hydrogen-bond donors (Lipinski definition) is 1. The Morgan fingerprint density at radius 1 is 1.32 bits per heavy atom. The van der Waals surface area contributed by atoms with E-state index in [0.29, 0.717) is 18.6 Å². The van der Waals surface area contributed by atoms with E-state index in [1.54, 1.807) is 12.1 Å². The van der Waals surface area contributed by atoms with Crippen molar-refractivity contribution in [2.24, 2.45) is 0 Å². The van der Waals surface area contributed by atoms with Crippen molar-refractivity contribution in [2.75, 3.05) is 0 Å². The second-order valence-electron chi connectivity index (χ2n) is 4.49. The van der Waals surface area contributed by atoms with Crippen LogP contribution in [0.2, 0.25) is 0 Å². The molecule has 1 N–H and O–H groups in total. The van der Waals surface area contributed by atoms with Crippen molar-refractivity contribution in [3.8, 4) is 0 Å². The van der Waals surface area contributed by atoms with Gasteiger partial charge >= 0.3 is 5.97 Å². The van der Waals surface area contributed by atoms with Crippen LogP contribution in [-0.4, -0.2) is 20.4 Å². The Kier molecular flexibility index (Phi) is 3.73. The topological polar surface area (TPSA) is 72.5 Å². The van der Waals surface area contributed by atoms with Gasteiger partial charge in [0.25, 0.3) is 0 Å².